The summed E-state index contributed by atoms with van der Waals surface area (Å²) in [6.45, 7) is 8.16. The molecule has 0 saturated carbocycles. The highest BCUT2D eigenvalue weighted by Crippen LogP contribution is 2.39. The third kappa shape index (κ3) is 3.33. The lowest BCUT2D eigenvalue weighted by molar-refractivity contribution is -0.116. The molecule has 0 radical (unpaired) electrons. The molecule has 0 saturated heterocycles. The van der Waals surface area contributed by atoms with Gasteiger partial charge in [-0.15, -0.1) is 6.58 Å². The zero-order chi connectivity index (χ0) is 11.3. The van der Waals surface area contributed by atoms with E-state index in [9.17, 15) is 4.79 Å². The minimum atomic E-state index is 0.328. The van der Waals surface area contributed by atoms with Crippen molar-refractivity contribution in [2.24, 2.45) is 5.41 Å². The fraction of sp³-hybridized carbons (Fsp3) is 0.643. The number of ketones is 1. The molecule has 1 heteroatoms. The first kappa shape index (κ1) is 12.2. The third-order valence-electron chi connectivity index (χ3n) is 3.54. The van der Waals surface area contributed by atoms with Crippen LogP contribution in [0, 0.1) is 5.41 Å². The van der Waals surface area contributed by atoms with Crippen molar-refractivity contribution in [1.29, 1.82) is 0 Å². The zero-order valence-electron chi connectivity index (χ0n) is 10.0. The van der Waals surface area contributed by atoms with Gasteiger partial charge in [-0.1, -0.05) is 32.4 Å². The highest BCUT2D eigenvalue weighted by Gasteiger charge is 2.28. The molecule has 1 nitrogen and oxygen atoms in total. The Morgan fingerprint density at radius 3 is 3.00 bits per heavy atom. The molecule has 15 heavy (non-hydrogen) atoms. The Hall–Kier alpha value is -0.850. The summed E-state index contributed by atoms with van der Waals surface area (Å²) in [6.07, 6.45) is 9.83. The van der Waals surface area contributed by atoms with Gasteiger partial charge in [-0.05, 0) is 36.7 Å². The number of Topliss-reactive ketones (excluding diaryl/α,β-unsaturated/α-hetero) is 1. The van der Waals surface area contributed by atoms with Gasteiger partial charge in [0, 0.05) is 6.42 Å². The van der Waals surface area contributed by atoms with Gasteiger partial charge < -0.3 is 0 Å². The minimum Gasteiger partial charge on any atom is -0.295 e. The van der Waals surface area contributed by atoms with E-state index in [1.54, 1.807) is 0 Å². The Labute approximate surface area is 93.3 Å². The summed E-state index contributed by atoms with van der Waals surface area (Å²) in [5.74, 6) is 0.328. The Morgan fingerprint density at radius 2 is 2.40 bits per heavy atom. The molecule has 84 valence electrons. The van der Waals surface area contributed by atoms with Crippen LogP contribution in [-0.4, -0.2) is 5.78 Å². The van der Waals surface area contributed by atoms with Gasteiger partial charge in [-0.3, -0.25) is 4.79 Å². The first-order chi connectivity index (χ1) is 7.11. The van der Waals surface area contributed by atoms with Crippen LogP contribution in [0.5, 0.6) is 0 Å². The molecule has 0 heterocycles. The van der Waals surface area contributed by atoms with E-state index in [1.165, 1.54) is 12.8 Å². The van der Waals surface area contributed by atoms with Crippen molar-refractivity contribution in [2.45, 2.75) is 52.4 Å². The van der Waals surface area contributed by atoms with Crippen LogP contribution in [0.15, 0.2) is 24.3 Å². The van der Waals surface area contributed by atoms with Crippen molar-refractivity contribution in [3.63, 3.8) is 0 Å². The Bertz CT molecular complexity index is 275. The number of carbonyl (C=O) groups is 1. The highest BCUT2D eigenvalue weighted by atomic mass is 16.1. The van der Waals surface area contributed by atoms with Gasteiger partial charge in [0.05, 0.1) is 0 Å². The van der Waals surface area contributed by atoms with E-state index in [4.69, 9.17) is 0 Å². The van der Waals surface area contributed by atoms with Crippen LogP contribution in [0.25, 0.3) is 0 Å². The fourth-order valence-corrected chi connectivity index (χ4v) is 2.12. The van der Waals surface area contributed by atoms with Gasteiger partial charge in [-0.25, -0.2) is 0 Å². The second kappa shape index (κ2) is 5.29. The number of allylic oxidation sites excluding steroid dienone is 3. The molecule has 0 fully saturated rings. The van der Waals surface area contributed by atoms with Crippen molar-refractivity contribution in [1.82, 2.24) is 0 Å². The van der Waals surface area contributed by atoms with Crippen LogP contribution in [0.2, 0.25) is 0 Å². The largest absolute Gasteiger partial charge is 0.295 e. The van der Waals surface area contributed by atoms with E-state index < -0.39 is 0 Å². The van der Waals surface area contributed by atoms with Gasteiger partial charge in [0.1, 0.15) is 0 Å². The molecular formula is C14H22O. The Balaban J connectivity index is 2.59. The molecule has 0 amide bonds. The van der Waals surface area contributed by atoms with E-state index in [0.29, 0.717) is 17.6 Å². The van der Waals surface area contributed by atoms with Crippen molar-refractivity contribution >= 4 is 5.78 Å². The number of hydrogen-bond donors (Lipinski definition) is 0. The SMILES string of the molecule is C=CCCC(=O)C1=CCCC(C)(CC)C1. The predicted octanol–water partition coefficient (Wildman–Crippen LogP) is 4.05. The van der Waals surface area contributed by atoms with Crippen molar-refractivity contribution in [3.05, 3.63) is 24.3 Å². The van der Waals surface area contributed by atoms with Crippen LogP contribution in [0.4, 0.5) is 0 Å². The number of rotatable bonds is 5. The standard InChI is InChI=1S/C14H22O/c1-4-6-9-13(15)12-8-7-10-14(3,5-2)11-12/h4,8H,1,5-7,9-11H2,2-3H3. The average molecular weight is 206 g/mol. The summed E-state index contributed by atoms with van der Waals surface area (Å²) in [6, 6.07) is 0. The van der Waals surface area contributed by atoms with Gasteiger partial charge in [0.2, 0.25) is 0 Å². The molecular weight excluding hydrogens is 184 g/mol. The van der Waals surface area contributed by atoms with Gasteiger partial charge in [0.15, 0.2) is 5.78 Å². The molecule has 0 aromatic heterocycles. The lowest BCUT2D eigenvalue weighted by Crippen LogP contribution is -2.22. The molecule has 1 atom stereocenters. The lowest BCUT2D eigenvalue weighted by atomic mass is 9.73. The van der Waals surface area contributed by atoms with Crippen LogP contribution in [0.1, 0.15) is 52.4 Å². The molecule has 1 aliphatic rings. The zero-order valence-corrected chi connectivity index (χ0v) is 10.0. The molecule has 0 aromatic rings. The smallest absolute Gasteiger partial charge is 0.158 e. The molecule has 1 unspecified atom stereocenters. The molecule has 0 aliphatic heterocycles. The second-order valence-corrected chi connectivity index (χ2v) is 4.86. The topological polar surface area (TPSA) is 17.1 Å². The molecule has 1 aliphatic carbocycles. The average Bonchev–Trinajstić information content (AvgIpc) is 2.26. The summed E-state index contributed by atoms with van der Waals surface area (Å²) >= 11 is 0. The normalized spacial score (nSPS) is 25.9. The van der Waals surface area contributed by atoms with E-state index in [-0.39, 0.29) is 0 Å². The van der Waals surface area contributed by atoms with Gasteiger partial charge >= 0.3 is 0 Å². The van der Waals surface area contributed by atoms with E-state index in [2.05, 4.69) is 26.5 Å². The van der Waals surface area contributed by atoms with E-state index in [0.717, 1.165) is 24.8 Å². The van der Waals surface area contributed by atoms with Crippen molar-refractivity contribution in [2.75, 3.05) is 0 Å². The van der Waals surface area contributed by atoms with E-state index in [1.807, 2.05) is 6.08 Å². The molecule has 0 bridgehead atoms. The number of carbonyl (C=O) groups excluding carboxylic acids is 1. The first-order valence-corrected chi connectivity index (χ1v) is 5.94. The summed E-state index contributed by atoms with van der Waals surface area (Å²) in [7, 11) is 0. The molecule has 1 rings (SSSR count). The summed E-state index contributed by atoms with van der Waals surface area (Å²) in [4.78, 5) is 11.8. The van der Waals surface area contributed by atoms with Crippen LogP contribution in [0.3, 0.4) is 0 Å². The second-order valence-electron chi connectivity index (χ2n) is 4.86. The van der Waals surface area contributed by atoms with Crippen LogP contribution < -0.4 is 0 Å². The summed E-state index contributed by atoms with van der Waals surface area (Å²) in [5.41, 5.74) is 1.42. The maximum Gasteiger partial charge on any atom is 0.158 e. The Kier molecular flexibility index (Phi) is 4.31. The lowest BCUT2D eigenvalue weighted by Gasteiger charge is -2.32. The quantitative estimate of drug-likeness (QED) is 0.620. The Morgan fingerprint density at radius 1 is 1.67 bits per heavy atom. The van der Waals surface area contributed by atoms with Gasteiger partial charge in [0.25, 0.3) is 0 Å². The van der Waals surface area contributed by atoms with E-state index >= 15 is 0 Å². The van der Waals surface area contributed by atoms with Crippen LogP contribution >= 0.6 is 0 Å². The highest BCUT2D eigenvalue weighted by molar-refractivity contribution is 5.95. The first-order valence-electron chi connectivity index (χ1n) is 5.94. The molecule has 0 N–H and O–H groups in total. The van der Waals surface area contributed by atoms with Crippen LogP contribution in [-0.2, 0) is 4.79 Å². The summed E-state index contributed by atoms with van der Waals surface area (Å²) < 4.78 is 0. The number of hydrogen-bond acceptors (Lipinski definition) is 1. The maximum absolute atomic E-state index is 11.8. The molecule has 0 aromatic carbocycles. The minimum absolute atomic E-state index is 0.328. The summed E-state index contributed by atoms with van der Waals surface area (Å²) in [5, 5.41) is 0. The van der Waals surface area contributed by atoms with Crippen molar-refractivity contribution < 1.29 is 4.79 Å². The monoisotopic (exact) mass is 206 g/mol. The fourth-order valence-electron chi connectivity index (χ4n) is 2.12. The maximum atomic E-state index is 11.8. The van der Waals surface area contributed by atoms with Crippen molar-refractivity contribution in [3.8, 4) is 0 Å². The third-order valence-corrected chi connectivity index (χ3v) is 3.54. The molecule has 0 spiro atoms. The van der Waals surface area contributed by atoms with Gasteiger partial charge in [-0.2, -0.15) is 0 Å². The predicted molar refractivity (Wildman–Crippen MR) is 64.8 cm³/mol.